The van der Waals surface area contributed by atoms with E-state index in [1.807, 2.05) is 12.1 Å². The van der Waals surface area contributed by atoms with Crippen molar-refractivity contribution in [1.29, 1.82) is 0 Å². The molecule has 3 heterocycles. The summed E-state index contributed by atoms with van der Waals surface area (Å²) in [5, 5.41) is 9.93. The lowest BCUT2D eigenvalue weighted by molar-refractivity contribution is 0.0555. The van der Waals surface area contributed by atoms with Crippen LogP contribution in [0, 0.1) is 5.82 Å². The molecule has 1 aromatic carbocycles. The topological polar surface area (TPSA) is 59.9 Å². The van der Waals surface area contributed by atoms with Crippen molar-refractivity contribution in [2.75, 3.05) is 44.2 Å². The van der Waals surface area contributed by atoms with Crippen molar-refractivity contribution in [3.8, 4) is 5.75 Å². The number of carbonyl (C=O) groups is 1. The van der Waals surface area contributed by atoms with E-state index >= 15 is 0 Å². The molecule has 0 spiro atoms. The molecule has 2 fully saturated rings. The number of nitrogens with zero attached hydrogens (tertiary/aromatic N) is 4. The van der Waals surface area contributed by atoms with Crippen LogP contribution >= 0.6 is 0 Å². The molecule has 1 atom stereocenters. The third-order valence-electron chi connectivity index (χ3n) is 5.70. The number of anilines is 1. The van der Waals surface area contributed by atoms with Crippen LogP contribution in [0.25, 0.3) is 0 Å². The fourth-order valence-corrected chi connectivity index (χ4v) is 4.18. The number of aromatic nitrogens is 1. The Labute approximate surface area is 164 Å². The van der Waals surface area contributed by atoms with Gasteiger partial charge in [-0.1, -0.05) is 12.1 Å². The first-order valence-electron chi connectivity index (χ1n) is 9.80. The highest BCUT2D eigenvalue weighted by atomic mass is 19.1. The van der Waals surface area contributed by atoms with Crippen molar-refractivity contribution in [3.05, 3.63) is 54.1 Å². The maximum atomic E-state index is 14.0. The number of halogens is 1. The van der Waals surface area contributed by atoms with Gasteiger partial charge in [-0.2, -0.15) is 0 Å². The van der Waals surface area contributed by atoms with Crippen molar-refractivity contribution in [3.63, 3.8) is 0 Å². The summed E-state index contributed by atoms with van der Waals surface area (Å²) in [6.45, 7) is 4.54. The smallest absolute Gasteiger partial charge is 0.276 e. The summed E-state index contributed by atoms with van der Waals surface area (Å²) in [4.78, 5) is 23.1. The van der Waals surface area contributed by atoms with Gasteiger partial charge < -0.3 is 14.9 Å². The van der Waals surface area contributed by atoms with Crippen LogP contribution in [0.5, 0.6) is 5.75 Å². The van der Waals surface area contributed by atoms with Crippen LogP contribution in [-0.4, -0.2) is 71.1 Å². The third kappa shape index (κ3) is 3.80. The largest absolute Gasteiger partial charge is 0.505 e. The van der Waals surface area contributed by atoms with E-state index in [1.54, 1.807) is 17.0 Å². The summed E-state index contributed by atoms with van der Waals surface area (Å²) >= 11 is 0. The molecule has 28 heavy (non-hydrogen) atoms. The minimum Gasteiger partial charge on any atom is -0.505 e. The second-order valence-electron chi connectivity index (χ2n) is 7.39. The molecule has 2 aliphatic heterocycles. The summed E-state index contributed by atoms with van der Waals surface area (Å²) in [5.74, 6) is -0.471. The van der Waals surface area contributed by atoms with Gasteiger partial charge in [0.15, 0.2) is 5.69 Å². The Morgan fingerprint density at radius 2 is 1.86 bits per heavy atom. The van der Waals surface area contributed by atoms with Crippen LogP contribution in [0.3, 0.4) is 0 Å². The summed E-state index contributed by atoms with van der Waals surface area (Å²) in [7, 11) is 0. The standard InChI is InChI=1S/C21H25FN4O2/c22-17-6-1-2-7-18(17)25-13-11-24(12-14-25)16-5-4-10-26(15-16)21(28)20-19(27)8-3-9-23-20/h1-3,6-9,16,27H,4-5,10-15H2/t16-/m0/s1. The SMILES string of the molecule is O=C(c1ncccc1O)N1CCC[C@H](N2CCN(c3ccccc3F)CC2)C1. The molecule has 0 bridgehead atoms. The van der Waals surface area contributed by atoms with E-state index in [0.29, 0.717) is 18.8 Å². The quantitative estimate of drug-likeness (QED) is 0.880. The number of likely N-dealkylation sites (tertiary alicyclic amines) is 1. The molecule has 7 heteroatoms. The van der Waals surface area contributed by atoms with Crippen molar-refractivity contribution in [2.45, 2.75) is 18.9 Å². The lowest BCUT2D eigenvalue weighted by Crippen LogP contribution is -2.56. The molecule has 1 aromatic heterocycles. The molecular weight excluding hydrogens is 359 g/mol. The first-order valence-corrected chi connectivity index (χ1v) is 9.80. The Morgan fingerprint density at radius 3 is 2.61 bits per heavy atom. The van der Waals surface area contributed by atoms with Crippen molar-refractivity contribution >= 4 is 11.6 Å². The molecular formula is C21H25FN4O2. The summed E-state index contributed by atoms with van der Waals surface area (Å²) in [5.41, 5.74) is 0.778. The van der Waals surface area contributed by atoms with Gasteiger partial charge in [-0.3, -0.25) is 9.69 Å². The van der Waals surface area contributed by atoms with E-state index in [9.17, 15) is 14.3 Å². The van der Waals surface area contributed by atoms with Crippen LogP contribution in [0.2, 0.25) is 0 Å². The van der Waals surface area contributed by atoms with Gasteiger partial charge in [-0.25, -0.2) is 9.37 Å². The van der Waals surface area contributed by atoms with Crippen LogP contribution in [0.4, 0.5) is 10.1 Å². The zero-order chi connectivity index (χ0) is 19.5. The Balaban J connectivity index is 1.37. The van der Waals surface area contributed by atoms with E-state index < -0.39 is 0 Å². The maximum absolute atomic E-state index is 14.0. The number of para-hydroxylation sites is 1. The van der Waals surface area contributed by atoms with Crippen LogP contribution in [0.1, 0.15) is 23.3 Å². The number of pyridine rings is 1. The summed E-state index contributed by atoms with van der Waals surface area (Å²) in [6.07, 6.45) is 3.49. The van der Waals surface area contributed by atoms with E-state index in [0.717, 1.165) is 39.0 Å². The first-order chi connectivity index (χ1) is 13.6. The second-order valence-corrected chi connectivity index (χ2v) is 7.39. The zero-order valence-electron chi connectivity index (χ0n) is 15.8. The maximum Gasteiger partial charge on any atom is 0.276 e. The molecule has 0 unspecified atom stereocenters. The molecule has 4 rings (SSSR count). The molecule has 148 valence electrons. The molecule has 0 aliphatic carbocycles. The van der Waals surface area contributed by atoms with E-state index in [-0.39, 0.29) is 29.2 Å². The number of aromatic hydroxyl groups is 1. The predicted molar refractivity (Wildman–Crippen MR) is 105 cm³/mol. The fraction of sp³-hybridized carbons (Fsp3) is 0.429. The van der Waals surface area contributed by atoms with Crippen LogP contribution in [0.15, 0.2) is 42.6 Å². The van der Waals surface area contributed by atoms with Gasteiger partial charge in [-0.05, 0) is 37.1 Å². The van der Waals surface area contributed by atoms with Gasteiger partial charge in [0.25, 0.3) is 5.91 Å². The lowest BCUT2D eigenvalue weighted by atomic mass is 10.0. The van der Waals surface area contributed by atoms with Crippen LogP contribution in [-0.2, 0) is 0 Å². The van der Waals surface area contributed by atoms with Gasteiger partial charge in [0.1, 0.15) is 11.6 Å². The monoisotopic (exact) mass is 384 g/mol. The third-order valence-corrected chi connectivity index (χ3v) is 5.70. The van der Waals surface area contributed by atoms with Gasteiger partial charge in [0, 0.05) is 51.5 Å². The molecule has 1 N–H and O–H groups in total. The van der Waals surface area contributed by atoms with Crippen molar-refractivity contribution in [2.24, 2.45) is 0 Å². The predicted octanol–water partition coefficient (Wildman–Crippen LogP) is 2.35. The normalized spacial score (nSPS) is 21.0. The Hall–Kier alpha value is -2.67. The minimum absolute atomic E-state index is 0.0758. The fourth-order valence-electron chi connectivity index (χ4n) is 4.18. The number of piperazine rings is 1. The van der Waals surface area contributed by atoms with E-state index in [1.165, 1.54) is 18.3 Å². The summed E-state index contributed by atoms with van der Waals surface area (Å²) < 4.78 is 14.0. The first kappa shape index (κ1) is 18.7. The van der Waals surface area contributed by atoms with Gasteiger partial charge in [-0.15, -0.1) is 0 Å². The second kappa shape index (κ2) is 8.14. The summed E-state index contributed by atoms with van der Waals surface area (Å²) in [6, 6.07) is 10.3. The van der Waals surface area contributed by atoms with E-state index in [2.05, 4.69) is 14.8 Å². The molecule has 1 amide bonds. The molecule has 2 aromatic rings. The van der Waals surface area contributed by atoms with Gasteiger partial charge in [0.05, 0.1) is 5.69 Å². The Kier molecular flexibility index (Phi) is 5.43. The van der Waals surface area contributed by atoms with Gasteiger partial charge >= 0.3 is 0 Å². The highest BCUT2D eigenvalue weighted by Gasteiger charge is 2.31. The minimum atomic E-state index is -0.215. The molecule has 0 saturated carbocycles. The van der Waals surface area contributed by atoms with Crippen LogP contribution < -0.4 is 4.90 Å². The average Bonchev–Trinajstić information content (AvgIpc) is 2.74. The number of amides is 1. The molecule has 2 saturated heterocycles. The van der Waals surface area contributed by atoms with Crippen molar-refractivity contribution < 1.29 is 14.3 Å². The number of benzene rings is 1. The Morgan fingerprint density at radius 1 is 1.07 bits per heavy atom. The molecule has 6 nitrogen and oxygen atoms in total. The number of hydrogen-bond acceptors (Lipinski definition) is 5. The highest BCUT2D eigenvalue weighted by Crippen LogP contribution is 2.24. The number of rotatable bonds is 3. The average molecular weight is 384 g/mol. The molecule has 2 aliphatic rings. The number of carbonyl (C=O) groups excluding carboxylic acids is 1. The zero-order valence-corrected chi connectivity index (χ0v) is 15.8. The Bertz CT molecular complexity index is 839. The highest BCUT2D eigenvalue weighted by molar-refractivity contribution is 5.94. The number of piperidine rings is 1. The lowest BCUT2D eigenvalue weighted by Gasteiger charge is -2.43. The molecule has 0 radical (unpaired) electrons. The van der Waals surface area contributed by atoms with Gasteiger partial charge in [0.2, 0.25) is 0 Å². The number of hydrogen-bond donors (Lipinski definition) is 1. The van der Waals surface area contributed by atoms with Crippen molar-refractivity contribution in [1.82, 2.24) is 14.8 Å². The van der Waals surface area contributed by atoms with E-state index in [4.69, 9.17) is 0 Å².